The van der Waals surface area contributed by atoms with Crippen molar-refractivity contribution < 1.29 is 27.3 Å². The van der Waals surface area contributed by atoms with Crippen molar-refractivity contribution in [1.82, 2.24) is 8.87 Å². The van der Waals surface area contributed by atoms with Crippen molar-refractivity contribution >= 4 is 33.9 Å². The minimum absolute atomic E-state index is 0.0713. The Morgan fingerprint density at radius 1 is 1.06 bits per heavy atom. The predicted molar refractivity (Wildman–Crippen MR) is 116 cm³/mol. The highest BCUT2D eigenvalue weighted by Crippen LogP contribution is 2.31. The first-order valence-electron chi connectivity index (χ1n) is 10.0. The lowest BCUT2D eigenvalue weighted by Crippen LogP contribution is -2.48. The Hall–Kier alpha value is -2.69. The number of anilines is 1. The van der Waals surface area contributed by atoms with Gasteiger partial charge in [-0.3, -0.25) is 4.79 Å². The fourth-order valence-electron chi connectivity index (χ4n) is 3.74. The first-order chi connectivity index (χ1) is 15.3. The number of fused-ring (bicyclic) bond motifs is 1. The van der Waals surface area contributed by atoms with Gasteiger partial charge in [0.05, 0.1) is 42.6 Å². The molecule has 1 aliphatic heterocycles. The Morgan fingerprint density at radius 3 is 2.38 bits per heavy atom. The summed E-state index contributed by atoms with van der Waals surface area (Å²) in [7, 11) is 1.33. The lowest BCUT2D eigenvalue weighted by molar-refractivity contribution is -0.141. The van der Waals surface area contributed by atoms with Crippen molar-refractivity contribution in [2.75, 3.05) is 38.2 Å². The molecule has 10 heteroatoms. The summed E-state index contributed by atoms with van der Waals surface area (Å²) >= 11 is -1.39. The summed E-state index contributed by atoms with van der Waals surface area (Å²) in [6.07, 6.45) is -2.57. The molecule has 0 N–H and O–H groups in total. The number of esters is 1. The molecule has 0 aliphatic carbocycles. The number of hydrogen-bond acceptors (Lipinski definition) is 5. The molecule has 1 aromatic heterocycles. The monoisotopic (exact) mass is 465 g/mol. The van der Waals surface area contributed by atoms with Crippen LogP contribution in [0.15, 0.2) is 59.6 Å². The van der Waals surface area contributed by atoms with Crippen LogP contribution in [-0.4, -0.2) is 52.7 Å². The highest BCUT2D eigenvalue weighted by Gasteiger charge is 2.31. The number of nitrogens with zero attached hydrogens (tertiary/aromatic N) is 3. The maximum Gasteiger partial charge on any atom is 0.416 e. The van der Waals surface area contributed by atoms with E-state index in [1.807, 2.05) is 33.5 Å². The lowest BCUT2D eigenvalue weighted by Gasteiger charge is -2.35. The minimum Gasteiger partial charge on any atom is -0.593 e. The molecule has 2 aromatic carbocycles. The van der Waals surface area contributed by atoms with Crippen LogP contribution in [0.2, 0.25) is 0 Å². The Morgan fingerprint density at radius 2 is 1.75 bits per heavy atom. The van der Waals surface area contributed by atoms with E-state index in [0.717, 1.165) is 23.0 Å². The van der Waals surface area contributed by atoms with Crippen molar-refractivity contribution in [3.63, 3.8) is 0 Å². The van der Waals surface area contributed by atoms with Gasteiger partial charge in [-0.1, -0.05) is 0 Å². The molecule has 1 fully saturated rings. The number of aromatic nitrogens is 1. The molecular formula is C22H22F3N3O3S. The number of rotatable bonds is 5. The number of carbonyl (C=O) groups excluding carboxylic acids is 1. The molecule has 0 amide bonds. The number of piperazine rings is 1. The number of hydrogen-bond donors (Lipinski definition) is 0. The second-order valence-electron chi connectivity index (χ2n) is 7.45. The number of benzene rings is 2. The second-order valence-corrected chi connectivity index (χ2v) is 8.94. The van der Waals surface area contributed by atoms with E-state index in [2.05, 4.69) is 0 Å². The largest absolute Gasteiger partial charge is 0.593 e. The van der Waals surface area contributed by atoms with Gasteiger partial charge in [0.2, 0.25) is 0 Å². The number of ether oxygens (including phenoxy) is 1. The molecule has 1 unspecified atom stereocenters. The third-order valence-corrected chi connectivity index (χ3v) is 7.00. The van der Waals surface area contributed by atoms with E-state index >= 15 is 0 Å². The zero-order chi connectivity index (χ0) is 22.9. The highest BCUT2D eigenvalue weighted by molar-refractivity contribution is 7.89. The van der Waals surface area contributed by atoms with Gasteiger partial charge >= 0.3 is 12.1 Å². The molecule has 4 rings (SSSR count). The van der Waals surface area contributed by atoms with Gasteiger partial charge in [-0.25, -0.2) is 0 Å². The summed E-state index contributed by atoms with van der Waals surface area (Å²) in [5.41, 5.74) is 0.837. The third-order valence-electron chi connectivity index (χ3n) is 5.51. The molecule has 1 atom stereocenters. The minimum atomic E-state index is -4.36. The van der Waals surface area contributed by atoms with Crippen LogP contribution in [0.5, 0.6) is 0 Å². The van der Waals surface area contributed by atoms with Crippen molar-refractivity contribution in [2.24, 2.45) is 0 Å². The Bertz CT molecular complexity index is 1090. The zero-order valence-corrected chi connectivity index (χ0v) is 18.2. The molecule has 170 valence electrons. The summed E-state index contributed by atoms with van der Waals surface area (Å²) in [5.74, 6) is -0.367. The van der Waals surface area contributed by atoms with E-state index in [1.54, 1.807) is 10.8 Å². The maximum absolute atomic E-state index is 13.1. The molecule has 32 heavy (non-hydrogen) atoms. The van der Waals surface area contributed by atoms with Crippen LogP contribution in [0.4, 0.5) is 18.9 Å². The Labute approximate surface area is 186 Å². The standard InChI is InChI=1S/C22H22F3N3O3S/c1-31-21(29)15-27-9-8-16-2-7-19(14-20(16)27)32(30)28-12-10-26(11-13-28)18-5-3-17(4-6-18)22(23,24)25/h2-9,14H,10-13,15H2,1H3. The van der Waals surface area contributed by atoms with Gasteiger partial charge < -0.3 is 18.8 Å². The number of methoxy groups -OCH3 is 1. The van der Waals surface area contributed by atoms with Crippen molar-refractivity contribution in [3.05, 3.63) is 60.3 Å². The van der Waals surface area contributed by atoms with Gasteiger partial charge in [-0.15, -0.1) is 4.31 Å². The topological polar surface area (TPSA) is 60.8 Å². The fourth-order valence-corrected chi connectivity index (χ4v) is 4.93. The quantitative estimate of drug-likeness (QED) is 0.425. The summed E-state index contributed by atoms with van der Waals surface area (Å²) < 4.78 is 59.8. The first kappa shape index (κ1) is 22.5. The van der Waals surface area contributed by atoms with E-state index in [0.29, 0.717) is 36.8 Å². The van der Waals surface area contributed by atoms with Gasteiger partial charge in [0.1, 0.15) is 6.54 Å². The summed E-state index contributed by atoms with van der Waals surface area (Å²) in [6.45, 7) is 2.20. The van der Waals surface area contributed by atoms with Gasteiger partial charge in [0.25, 0.3) is 0 Å². The van der Waals surface area contributed by atoms with Crippen LogP contribution in [-0.2, 0) is 33.6 Å². The van der Waals surface area contributed by atoms with E-state index in [-0.39, 0.29) is 12.5 Å². The highest BCUT2D eigenvalue weighted by atomic mass is 32.2. The number of alkyl halides is 3. The maximum atomic E-state index is 13.1. The molecule has 0 saturated carbocycles. The van der Waals surface area contributed by atoms with E-state index in [4.69, 9.17) is 4.74 Å². The third kappa shape index (κ3) is 4.72. The number of halogens is 3. The van der Waals surface area contributed by atoms with E-state index in [9.17, 15) is 22.5 Å². The second kappa shape index (κ2) is 9.05. The van der Waals surface area contributed by atoms with Crippen LogP contribution in [0.3, 0.4) is 0 Å². The average molecular weight is 465 g/mol. The number of carbonyl (C=O) groups is 1. The molecule has 6 nitrogen and oxygen atoms in total. The summed E-state index contributed by atoms with van der Waals surface area (Å²) in [5, 5.41) is 0.932. The lowest BCUT2D eigenvalue weighted by atomic mass is 10.2. The zero-order valence-electron chi connectivity index (χ0n) is 17.3. The summed E-state index contributed by atoms with van der Waals surface area (Å²) in [4.78, 5) is 14.2. The van der Waals surface area contributed by atoms with Crippen molar-refractivity contribution in [2.45, 2.75) is 17.6 Å². The first-order valence-corrected chi connectivity index (χ1v) is 11.1. The molecule has 0 bridgehead atoms. The van der Waals surface area contributed by atoms with Gasteiger partial charge in [0, 0.05) is 31.0 Å². The molecular weight excluding hydrogens is 443 g/mol. The van der Waals surface area contributed by atoms with Crippen molar-refractivity contribution in [1.29, 1.82) is 0 Å². The Kier molecular flexibility index (Phi) is 6.36. The van der Waals surface area contributed by atoms with Crippen LogP contribution in [0.25, 0.3) is 10.9 Å². The van der Waals surface area contributed by atoms with Gasteiger partial charge in [-0.05, 0) is 47.9 Å². The predicted octanol–water partition coefficient (Wildman–Crippen LogP) is 3.68. The molecule has 0 spiro atoms. The smallest absolute Gasteiger partial charge is 0.416 e. The van der Waals surface area contributed by atoms with Crippen LogP contribution < -0.4 is 4.90 Å². The van der Waals surface area contributed by atoms with Gasteiger partial charge in [0.15, 0.2) is 4.90 Å². The van der Waals surface area contributed by atoms with Crippen LogP contribution >= 0.6 is 0 Å². The molecule has 0 radical (unpaired) electrons. The molecule has 3 aromatic rings. The molecule has 2 heterocycles. The average Bonchev–Trinajstić information content (AvgIpc) is 3.20. The normalized spacial score (nSPS) is 16.3. The van der Waals surface area contributed by atoms with Crippen LogP contribution in [0.1, 0.15) is 5.56 Å². The van der Waals surface area contributed by atoms with Crippen molar-refractivity contribution in [3.8, 4) is 0 Å². The molecule has 1 saturated heterocycles. The fraction of sp³-hybridized carbons (Fsp3) is 0.318. The summed E-state index contributed by atoms with van der Waals surface area (Å²) in [6, 6.07) is 12.5. The van der Waals surface area contributed by atoms with Crippen LogP contribution in [0, 0.1) is 0 Å². The SMILES string of the molecule is COC(=O)Cn1ccc2ccc([S+]([O-])N3CCN(c4ccc(C(F)(F)F)cc4)CC3)cc21. The van der Waals surface area contributed by atoms with E-state index in [1.165, 1.54) is 19.2 Å². The van der Waals surface area contributed by atoms with Gasteiger partial charge in [-0.2, -0.15) is 13.2 Å². The Balaban J connectivity index is 1.43. The van der Waals surface area contributed by atoms with E-state index < -0.39 is 23.1 Å². The molecule has 1 aliphatic rings.